The van der Waals surface area contributed by atoms with Crippen molar-refractivity contribution in [2.75, 3.05) is 19.6 Å². The fourth-order valence-corrected chi connectivity index (χ4v) is 4.25. The monoisotopic (exact) mass is 323 g/mol. The Morgan fingerprint density at radius 3 is 2.67 bits per heavy atom. The average Bonchev–Trinajstić information content (AvgIpc) is 2.61. The molecule has 1 aliphatic rings. The Balaban J connectivity index is 1.73. The molecule has 0 saturated carbocycles. The molecule has 0 aliphatic carbocycles. The lowest BCUT2D eigenvalue weighted by atomic mass is 9.71. The van der Waals surface area contributed by atoms with Gasteiger partial charge < -0.3 is 10.0 Å². The summed E-state index contributed by atoms with van der Waals surface area (Å²) < 4.78 is 0. The largest absolute Gasteiger partial charge is 0.508 e. The maximum atomic E-state index is 9.93. The molecular formula is C22H29NO. The van der Waals surface area contributed by atoms with E-state index in [0.717, 1.165) is 19.5 Å². The highest BCUT2D eigenvalue weighted by molar-refractivity contribution is 5.34. The van der Waals surface area contributed by atoms with Crippen LogP contribution in [0.4, 0.5) is 0 Å². The van der Waals surface area contributed by atoms with Crippen LogP contribution >= 0.6 is 0 Å². The molecule has 1 atom stereocenters. The highest BCUT2D eigenvalue weighted by Crippen LogP contribution is 2.39. The molecule has 2 nitrogen and oxygen atoms in total. The number of hydrogen-bond acceptors (Lipinski definition) is 2. The van der Waals surface area contributed by atoms with Crippen LogP contribution in [-0.4, -0.2) is 29.6 Å². The molecule has 24 heavy (non-hydrogen) atoms. The first kappa shape index (κ1) is 17.0. The van der Waals surface area contributed by atoms with E-state index in [9.17, 15) is 5.11 Å². The fourth-order valence-electron chi connectivity index (χ4n) is 4.25. The van der Waals surface area contributed by atoms with Gasteiger partial charge >= 0.3 is 0 Å². The zero-order valence-corrected chi connectivity index (χ0v) is 14.7. The van der Waals surface area contributed by atoms with Crippen molar-refractivity contribution in [1.82, 2.24) is 4.90 Å². The average molecular weight is 323 g/mol. The molecule has 0 radical (unpaired) electrons. The summed E-state index contributed by atoms with van der Waals surface area (Å²) in [5.41, 5.74) is 2.93. The maximum absolute atomic E-state index is 9.93. The zero-order chi connectivity index (χ0) is 16.8. The summed E-state index contributed by atoms with van der Waals surface area (Å²) in [4.78, 5) is 2.62. The summed E-state index contributed by atoms with van der Waals surface area (Å²) in [5.74, 6) is 0.393. The topological polar surface area (TPSA) is 23.5 Å². The summed E-state index contributed by atoms with van der Waals surface area (Å²) >= 11 is 0. The lowest BCUT2D eigenvalue weighted by Crippen LogP contribution is -2.46. The summed E-state index contributed by atoms with van der Waals surface area (Å²) in [5, 5.41) is 9.93. The summed E-state index contributed by atoms with van der Waals surface area (Å²) in [6.07, 6.45) is 5.96. The van der Waals surface area contributed by atoms with Gasteiger partial charge in [-0.05, 0) is 55.5 Å². The van der Waals surface area contributed by atoms with Crippen LogP contribution in [0, 0.1) is 0 Å². The van der Waals surface area contributed by atoms with Gasteiger partial charge in [0.15, 0.2) is 0 Å². The molecule has 1 saturated heterocycles. The van der Waals surface area contributed by atoms with Crippen molar-refractivity contribution in [3.05, 3.63) is 65.7 Å². The Labute approximate surface area is 146 Å². The van der Waals surface area contributed by atoms with Crippen LogP contribution in [0.25, 0.3) is 0 Å². The van der Waals surface area contributed by atoms with Crippen LogP contribution in [0.3, 0.4) is 0 Å². The van der Waals surface area contributed by atoms with Crippen molar-refractivity contribution in [2.45, 2.75) is 44.4 Å². The van der Waals surface area contributed by atoms with Crippen LogP contribution < -0.4 is 0 Å². The molecule has 1 heterocycles. The van der Waals surface area contributed by atoms with E-state index in [4.69, 9.17) is 0 Å². The number of hydrogen-bond donors (Lipinski definition) is 1. The summed E-state index contributed by atoms with van der Waals surface area (Å²) in [7, 11) is 0. The third-order valence-electron chi connectivity index (χ3n) is 5.40. The van der Waals surface area contributed by atoms with Crippen molar-refractivity contribution >= 4 is 0 Å². The van der Waals surface area contributed by atoms with E-state index in [-0.39, 0.29) is 5.41 Å². The standard InChI is InChI=1S/C22H29NO/c1-2-13-22(20-10-6-11-21(24)17-20)14-7-15-23(18-22)16-12-19-8-4-3-5-9-19/h3-6,8-11,17,24H,2,7,12-16,18H2,1H3. The van der Waals surface area contributed by atoms with E-state index in [2.05, 4.69) is 48.2 Å². The molecule has 2 aromatic carbocycles. The smallest absolute Gasteiger partial charge is 0.115 e. The minimum absolute atomic E-state index is 0.197. The van der Waals surface area contributed by atoms with E-state index in [1.165, 1.54) is 43.4 Å². The second-order valence-corrected chi connectivity index (χ2v) is 7.20. The molecule has 0 bridgehead atoms. The van der Waals surface area contributed by atoms with Crippen LogP contribution in [0.2, 0.25) is 0 Å². The number of nitrogens with zero attached hydrogens (tertiary/aromatic N) is 1. The van der Waals surface area contributed by atoms with Crippen molar-refractivity contribution in [3.63, 3.8) is 0 Å². The molecule has 2 aromatic rings. The van der Waals surface area contributed by atoms with Crippen LogP contribution in [0.1, 0.15) is 43.7 Å². The molecule has 0 spiro atoms. The predicted molar refractivity (Wildman–Crippen MR) is 101 cm³/mol. The molecule has 1 aliphatic heterocycles. The molecule has 1 N–H and O–H groups in total. The summed E-state index contributed by atoms with van der Waals surface area (Å²) in [6.45, 7) is 5.69. The molecule has 2 heteroatoms. The summed E-state index contributed by atoms with van der Waals surface area (Å²) in [6, 6.07) is 18.7. The Hall–Kier alpha value is -1.80. The van der Waals surface area contributed by atoms with Crippen molar-refractivity contribution in [1.29, 1.82) is 0 Å². The third-order valence-corrected chi connectivity index (χ3v) is 5.40. The van der Waals surface area contributed by atoms with Crippen LogP contribution in [0.15, 0.2) is 54.6 Å². The molecule has 0 amide bonds. The lowest BCUT2D eigenvalue weighted by Gasteiger charge is -2.43. The minimum atomic E-state index is 0.197. The molecular weight excluding hydrogens is 294 g/mol. The van der Waals surface area contributed by atoms with Gasteiger partial charge in [0.25, 0.3) is 0 Å². The van der Waals surface area contributed by atoms with Crippen LogP contribution in [-0.2, 0) is 11.8 Å². The number of rotatable bonds is 6. The number of aromatic hydroxyl groups is 1. The Morgan fingerprint density at radius 2 is 1.92 bits per heavy atom. The molecule has 1 fully saturated rings. The second kappa shape index (κ2) is 7.85. The third kappa shape index (κ3) is 3.99. The van der Waals surface area contributed by atoms with Crippen molar-refractivity contribution in [3.8, 4) is 5.75 Å². The number of phenols is 1. The highest BCUT2D eigenvalue weighted by Gasteiger charge is 2.36. The Kier molecular flexibility index (Phi) is 5.57. The number of benzene rings is 2. The second-order valence-electron chi connectivity index (χ2n) is 7.20. The Morgan fingerprint density at radius 1 is 1.08 bits per heavy atom. The zero-order valence-electron chi connectivity index (χ0n) is 14.7. The number of piperidine rings is 1. The quantitative estimate of drug-likeness (QED) is 0.828. The Bertz CT molecular complexity index is 635. The van der Waals surface area contributed by atoms with Crippen LogP contribution in [0.5, 0.6) is 5.75 Å². The van der Waals surface area contributed by atoms with Gasteiger partial charge in [0.2, 0.25) is 0 Å². The first-order chi connectivity index (χ1) is 11.7. The minimum Gasteiger partial charge on any atom is -0.508 e. The van der Waals surface area contributed by atoms with Gasteiger partial charge in [0, 0.05) is 18.5 Å². The SMILES string of the molecule is CCCC1(c2cccc(O)c2)CCCN(CCc2ccccc2)C1. The predicted octanol–water partition coefficient (Wildman–Crippen LogP) is 4.77. The molecule has 1 unspecified atom stereocenters. The van der Waals surface area contributed by atoms with Gasteiger partial charge in [0.1, 0.15) is 5.75 Å². The van der Waals surface area contributed by atoms with E-state index in [0.29, 0.717) is 5.75 Å². The molecule has 3 rings (SSSR count). The van der Waals surface area contributed by atoms with E-state index < -0.39 is 0 Å². The normalized spacial score (nSPS) is 21.7. The van der Waals surface area contributed by atoms with Crippen molar-refractivity contribution < 1.29 is 5.11 Å². The van der Waals surface area contributed by atoms with Gasteiger partial charge in [-0.15, -0.1) is 0 Å². The first-order valence-corrected chi connectivity index (χ1v) is 9.28. The van der Waals surface area contributed by atoms with E-state index in [1.807, 2.05) is 12.1 Å². The molecule has 0 aromatic heterocycles. The van der Waals surface area contributed by atoms with Gasteiger partial charge in [-0.1, -0.05) is 55.8 Å². The van der Waals surface area contributed by atoms with E-state index in [1.54, 1.807) is 6.07 Å². The van der Waals surface area contributed by atoms with Gasteiger partial charge in [-0.3, -0.25) is 0 Å². The lowest BCUT2D eigenvalue weighted by molar-refractivity contribution is 0.139. The number of likely N-dealkylation sites (tertiary alicyclic amines) is 1. The highest BCUT2D eigenvalue weighted by atomic mass is 16.3. The van der Waals surface area contributed by atoms with Crippen molar-refractivity contribution in [2.24, 2.45) is 0 Å². The van der Waals surface area contributed by atoms with E-state index >= 15 is 0 Å². The van der Waals surface area contributed by atoms with Gasteiger partial charge in [0.05, 0.1) is 0 Å². The fraction of sp³-hybridized carbons (Fsp3) is 0.455. The molecule has 128 valence electrons. The van der Waals surface area contributed by atoms with Gasteiger partial charge in [-0.2, -0.15) is 0 Å². The maximum Gasteiger partial charge on any atom is 0.115 e. The number of phenolic OH excluding ortho intramolecular Hbond substituents is 1. The first-order valence-electron chi connectivity index (χ1n) is 9.28. The van der Waals surface area contributed by atoms with Gasteiger partial charge in [-0.25, -0.2) is 0 Å².